The molecule has 1 spiro atoms. The number of allylic oxidation sites excluding steroid dienone is 5. The summed E-state index contributed by atoms with van der Waals surface area (Å²) in [6, 6.07) is 13.7. The van der Waals surface area contributed by atoms with Crippen molar-refractivity contribution in [3.8, 4) is 11.1 Å². The standard InChI is InChI=1S/C30H32Br2/c1-4-5-6-8-22-18-30(20(3)13-21-11-19(2)12-24(30)14-21)28-10-7-9-27(29(22)28)23-15-25(31)17-26(32)16-23/h4-10,15-17,19-21,24H,1,11-14,18H2,2-3H3/b6-5-,22-8+. The van der Waals surface area contributed by atoms with Gasteiger partial charge in [-0.15, -0.1) is 0 Å². The molecule has 0 aliphatic heterocycles. The Kier molecular flexibility index (Phi) is 6.14. The molecule has 166 valence electrons. The van der Waals surface area contributed by atoms with Crippen molar-refractivity contribution >= 4 is 37.4 Å². The Bertz CT molecular complexity index is 1080. The first-order valence-electron chi connectivity index (χ1n) is 12.0. The molecule has 3 aliphatic rings. The summed E-state index contributed by atoms with van der Waals surface area (Å²) in [6.07, 6.45) is 15.2. The molecule has 0 nitrogen and oxygen atoms in total. The summed E-state index contributed by atoms with van der Waals surface area (Å²) in [5, 5.41) is 0. The second-order valence-electron chi connectivity index (χ2n) is 10.4. The lowest BCUT2D eigenvalue weighted by Crippen LogP contribution is -2.48. The zero-order valence-electron chi connectivity index (χ0n) is 19.1. The first-order valence-corrected chi connectivity index (χ1v) is 13.6. The molecular weight excluding hydrogens is 520 g/mol. The number of benzene rings is 2. The molecule has 0 heterocycles. The van der Waals surface area contributed by atoms with E-state index in [-0.39, 0.29) is 5.41 Å². The molecule has 5 rings (SSSR count). The van der Waals surface area contributed by atoms with Crippen LogP contribution in [0.3, 0.4) is 0 Å². The van der Waals surface area contributed by atoms with E-state index in [9.17, 15) is 0 Å². The fraction of sp³-hybridized carbons (Fsp3) is 0.400. The van der Waals surface area contributed by atoms with E-state index in [1.165, 1.54) is 54.4 Å². The SMILES string of the molecule is C=C/C=C\C=C1/CC2(c3cccc(-c4cc(Br)cc(Br)c4)c31)C(C)CC1CC(C)CC2C1. The summed E-state index contributed by atoms with van der Waals surface area (Å²) < 4.78 is 2.22. The van der Waals surface area contributed by atoms with Gasteiger partial charge in [0.2, 0.25) is 0 Å². The summed E-state index contributed by atoms with van der Waals surface area (Å²) >= 11 is 7.42. The molecule has 0 N–H and O–H groups in total. The van der Waals surface area contributed by atoms with Gasteiger partial charge in [-0.2, -0.15) is 0 Å². The fourth-order valence-corrected chi connectivity index (χ4v) is 8.70. The lowest BCUT2D eigenvalue weighted by molar-refractivity contribution is 0.0226. The van der Waals surface area contributed by atoms with Gasteiger partial charge in [0.15, 0.2) is 0 Å². The molecule has 2 heteroatoms. The predicted molar refractivity (Wildman–Crippen MR) is 145 cm³/mol. The van der Waals surface area contributed by atoms with Gasteiger partial charge in [0, 0.05) is 14.4 Å². The maximum Gasteiger partial charge on any atom is 0.0192 e. The van der Waals surface area contributed by atoms with Crippen molar-refractivity contribution in [2.75, 3.05) is 0 Å². The van der Waals surface area contributed by atoms with Gasteiger partial charge in [-0.05, 0) is 102 Å². The summed E-state index contributed by atoms with van der Waals surface area (Å²) in [5.74, 6) is 3.28. The average molecular weight is 552 g/mol. The van der Waals surface area contributed by atoms with Crippen molar-refractivity contribution < 1.29 is 0 Å². The second-order valence-corrected chi connectivity index (χ2v) is 12.3. The molecule has 2 bridgehead atoms. The minimum Gasteiger partial charge on any atom is -0.0991 e. The number of rotatable bonds is 3. The minimum absolute atomic E-state index is 0.271. The summed E-state index contributed by atoms with van der Waals surface area (Å²) in [6.45, 7) is 8.90. The molecule has 2 aromatic rings. The van der Waals surface area contributed by atoms with Gasteiger partial charge in [0.25, 0.3) is 0 Å². The first-order chi connectivity index (χ1) is 15.4. The number of fused-ring (bicyclic) bond motifs is 5. The highest BCUT2D eigenvalue weighted by atomic mass is 79.9. The Hall–Kier alpha value is -1.38. The van der Waals surface area contributed by atoms with Crippen molar-refractivity contribution in [3.05, 3.63) is 87.4 Å². The van der Waals surface area contributed by atoms with Crippen LogP contribution in [0, 0.1) is 23.7 Å². The smallest absolute Gasteiger partial charge is 0.0192 e. The zero-order chi connectivity index (χ0) is 22.5. The van der Waals surface area contributed by atoms with Gasteiger partial charge in [-0.3, -0.25) is 0 Å². The molecule has 0 radical (unpaired) electrons. The highest BCUT2D eigenvalue weighted by Gasteiger charge is 2.55. The summed E-state index contributed by atoms with van der Waals surface area (Å²) in [4.78, 5) is 0. The number of hydrogen-bond acceptors (Lipinski definition) is 0. The van der Waals surface area contributed by atoms with Crippen molar-refractivity contribution in [2.24, 2.45) is 23.7 Å². The highest BCUT2D eigenvalue weighted by Crippen LogP contribution is 2.64. The summed E-state index contributed by atoms with van der Waals surface area (Å²) in [7, 11) is 0. The second kappa shape index (κ2) is 8.76. The molecule has 0 amide bonds. The van der Waals surface area contributed by atoms with Crippen LogP contribution < -0.4 is 0 Å². The van der Waals surface area contributed by atoms with Crippen LogP contribution in [-0.4, -0.2) is 0 Å². The molecule has 0 aromatic heterocycles. The quantitative estimate of drug-likeness (QED) is 0.333. The van der Waals surface area contributed by atoms with Crippen LogP contribution in [0.5, 0.6) is 0 Å². The van der Waals surface area contributed by atoms with Crippen LogP contribution in [0.2, 0.25) is 0 Å². The molecule has 32 heavy (non-hydrogen) atoms. The van der Waals surface area contributed by atoms with Gasteiger partial charge in [-0.1, -0.05) is 94.8 Å². The van der Waals surface area contributed by atoms with Crippen LogP contribution in [-0.2, 0) is 5.41 Å². The zero-order valence-corrected chi connectivity index (χ0v) is 22.3. The topological polar surface area (TPSA) is 0 Å². The predicted octanol–water partition coefficient (Wildman–Crippen LogP) is 9.74. The molecule has 3 aliphatic carbocycles. The lowest BCUT2D eigenvalue weighted by Gasteiger charge is -2.54. The van der Waals surface area contributed by atoms with E-state index < -0.39 is 0 Å². The number of hydrogen-bond donors (Lipinski definition) is 0. The van der Waals surface area contributed by atoms with E-state index in [0.29, 0.717) is 0 Å². The van der Waals surface area contributed by atoms with Crippen molar-refractivity contribution in [1.29, 1.82) is 0 Å². The Morgan fingerprint density at radius 3 is 2.50 bits per heavy atom. The van der Waals surface area contributed by atoms with E-state index in [1.54, 1.807) is 5.56 Å². The Labute approximate surface area is 210 Å². The van der Waals surface area contributed by atoms with Crippen LogP contribution in [0.25, 0.3) is 16.7 Å². The monoisotopic (exact) mass is 550 g/mol. The van der Waals surface area contributed by atoms with E-state index in [1.807, 2.05) is 6.08 Å². The van der Waals surface area contributed by atoms with E-state index in [0.717, 1.165) is 32.6 Å². The Morgan fingerprint density at radius 1 is 0.969 bits per heavy atom. The van der Waals surface area contributed by atoms with Crippen molar-refractivity contribution in [1.82, 2.24) is 0 Å². The molecule has 2 fully saturated rings. The van der Waals surface area contributed by atoms with Crippen molar-refractivity contribution in [3.63, 3.8) is 0 Å². The largest absolute Gasteiger partial charge is 0.0991 e. The van der Waals surface area contributed by atoms with Gasteiger partial charge in [0.1, 0.15) is 0 Å². The molecule has 0 saturated heterocycles. The van der Waals surface area contributed by atoms with Crippen LogP contribution in [0.15, 0.2) is 76.2 Å². The van der Waals surface area contributed by atoms with Gasteiger partial charge in [-0.25, -0.2) is 0 Å². The van der Waals surface area contributed by atoms with E-state index in [2.05, 4.69) is 107 Å². The molecule has 5 atom stereocenters. The maximum absolute atomic E-state index is 3.87. The molecule has 5 unspecified atom stereocenters. The van der Waals surface area contributed by atoms with Gasteiger partial charge < -0.3 is 0 Å². The maximum atomic E-state index is 3.87. The molecule has 2 saturated carbocycles. The van der Waals surface area contributed by atoms with Gasteiger partial charge in [0.05, 0.1) is 0 Å². The van der Waals surface area contributed by atoms with Crippen LogP contribution in [0.4, 0.5) is 0 Å². The third kappa shape index (κ3) is 3.72. The van der Waals surface area contributed by atoms with Crippen LogP contribution >= 0.6 is 31.9 Å². The number of halogens is 2. The lowest BCUT2D eigenvalue weighted by atomic mass is 9.50. The Morgan fingerprint density at radius 2 is 1.75 bits per heavy atom. The molecular formula is C30H32Br2. The minimum atomic E-state index is 0.271. The average Bonchev–Trinajstić information content (AvgIpc) is 3.07. The Balaban J connectivity index is 1.73. The van der Waals surface area contributed by atoms with E-state index in [4.69, 9.17) is 0 Å². The summed E-state index contributed by atoms with van der Waals surface area (Å²) in [5.41, 5.74) is 7.49. The third-order valence-corrected chi connectivity index (χ3v) is 9.34. The first kappa shape index (κ1) is 22.4. The van der Waals surface area contributed by atoms with E-state index >= 15 is 0 Å². The third-order valence-electron chi connectivity index (χ3n) is 8.42. The fourth-order valence-electron chi connectivity index (χ4n) is 7.40. The normalized spacial score (nSPS) is 32.6. The highest BCUT2D eigenvalue weighted by molar-refractivity contribution is 9.11. The molecule has 2 aromatic carbocycles. The van der Waals surface area contributed by atoms with Crippen molar-refractivity contribution in [2.45, 2.75) is 51.4 Å². The van der Waals surface area contributed by atoms with Gasteiger partial charge >= 0.3 is 0 Å². The van der Waals surface area contributed by atoms with Crippen LogP contribution in [0.1, 0.15) is 57.1 Å².